The van der Waals surface area contributed by atoms with Gasteiger partial charge in [0.25, 0.3) is 0 Å². The van der Waals surface area contributed by atoms with E-state index >= 15 is 0 Å². The van der Waals surface area contributed by atoms with Crippen LogP contribution in [0.3, 0.4) is 0 Å². The van der Waals surface area contributed by atoms with E-state index in [1.807, 2.05) is 53.8 Å². The predicted molar refractivity (Wildman–Crippen MR) is 105 cm³/mol. The summed E-state index contributed by atoms with van der Waals surface area (Å²) >= 11 is 0. The van der Waals surface area contributed by atoms with Gasteiger partial charge in [-0.2, -0.15) is 0 Å². The van der Waals surface area contributed by atoms with Crippen LogP contribution < -0.4 is 4.90 Å². The lowest BCUT2D eigenvalue weighted by atomic mass is 10.2. The number of carbonyl (C=O) groups excluding carboxylic acids is 1. The molecule has 1 fully saturated rings. The average molecular weight is 364 g/mol. The highest BCUT2D eigenvalue weighted by Gasteiger charge is 2.29. The number of hydrogen-bond donors (Lipinski definition) is 0. The van der Waals surface area contributed by atoms with Crippen molar-refractivity contribution < 1.29 is 4.79 Å². The molecular weight excluding hydrogens is 340 g/mol. The molecule has 0 N–H and O–H groups in total. The summed E-state index contributed by atoms with van der Waals surface area (Å²) < 4.78 is 1.88. The molecule has 1 atom stereocenters. The molecule has 4 heterocycles. The van der Waals surface area contributed by atoms with Crippen LogP contribution in [-0.2, 0) is 4.79 Å². The first kappa shape index (κ1) is 17.5. The van der Waals surface area contributed by atoms with Gasteiger partial charge in [-0.3, -0.25) is 9.78 Å². The predicted octanol–water partition coefficient (Wildman–Crippen LogP) is 2.63. The van der Waals surface area contributed by atoms with E-state index in [1.165, 1.54) is 0 Å². The van der Waals surface area contributed by atoms with Crippen molar-refractivity contribution in [3.05, 3.63) is 42.9 Å². The lowest BCUT2D eigenvalue weighted by Crippen LogP contribution is -2.39. The van der Waals surface area contributed by atoms with Crippen LogP contribution in [0.5, 0.6) is 0 Å². The normalized spacial score (nSPS) is 16.8. The average Bonchev–Trinajstić information content (AvgIpc) is 3.35. The molecule has 0 spiro atoms. The fraction of sp³-hybridized carbons (Fsp3) is 0.400. The first-order valence-electron chi connectivity index (χ1n) is 9.43. The van der Waals surface area contributed by atoms with Gasteiger partial charge in [-0.15, -0.1) is 5.10 Å². The van der Waals surface area contributed by atoms with Crippen LogP contribution in [0.25, 0.3) is 16.9 Å². The molecule has 7 heteroatoms. The van der Waals surface area contributed by atoms with Crippen LogP contribution in [0.2, 0.25) is 0 Å². The highest BCUT2D eigenvalue weighted by molar-refractivity contribution is 5.76. The van der Waals surface area contributed by atoms with Gasteiger partial charge in [0.1, 0.15) is 5.82 Å². The minimum atomic E-state index is 0.224. The van der Waals surface area contributed by atoms with Crippen molar-refractivity contribution in [3.63, 3.8) is 0 Å². The number of rotatable bonds is 5. The molecular formula is C20H24N6O. The number of anilines is 1. The van der Waals surface area contributed by atoms with Crippen LogP contribution in [0.15, 0.2) is 42.9 Å². The van der Waals surface area contributed by atoms with Crippen LogP contribution in [0.1, 0.15) is 26.2 Å². The number of likely N-dealkylation sites (N-methyl/N-ethyl adjacent to an activating group) is 1. The van der Waals surface area contributed by atoms with E-state index in [4.69, 9.17) is 5.10 Å². The quantitative estimate of drug-likeness (QED) is 0.696. The number of imidazole rings is 1. The third-order valence-corrected chi connectivity index (χ3v) is 5.22. The van der Waals surface area contributed by atoms with Crippen molar-refractivity contribution in [2.45, 2.75) is 32.2 Å². The van der Waals surface area contributed by atoms with E-state index in [0.717, 1.165) is 48.7 Å². The van der Waals surface area contributed by atoms with Gasteiger partial charge in [0.2, 0.25) is 5.91 Å². The van der Waals surface area contributed by atoms with Crippen molar-refractivity contribution in [2.24, 2.45) is 0 Å². The fourth-order valence-electron chi connectivity index (χ4n) is 3.61. The summed E-state index contributed by atoms with van der Waals surface area (Å²) in [7, 11) is 1.92. The number of amides is 1. The summed E-state index contributed by atoms with van der Waals surface area (Å²) in [5.74, 6) is 1.14. The molecule has 0 bridgehead atoms. The third-order valence-electron chi connectivity index (χ3n) is 5.22. The monoisotopic (exact) mass is 364 g/mol. The zero-order valence-electron chi connectivity index (χ0n) is 15.7. The number of fused-ring (bicyclic) bond motifs is 1. The van der Waals surface area contributed by atoms with E-state index in [0.29, 0.717) is 6.42 Å². The molecule has 3 aromatic heterocycles. The molecule has 140 valence electrons. The largest absolute Gasteiger partial charge is 0.353 e. The summed E-state index contributed by atoms with van der Waals surface area (Å²) in [5, 5.41) is 4.82. The Kier molecular flexibility index (Phi) is 4.75. The Bertz CT molecular complexity index is 938. The Morgan fingerprint density at radius 1 is 1.26 bits per heavy atom. The number of carbonyl (C=O) groups is 1. The van der Waals surface area contributed by atoms with Gasteiger partial charge in [0.15, 0.2) is 5.65 Å². The second-order valence-corrected chi connectivity index (χ2v) is 6.98. The lowest BCUT2D eigenvalue weighted by Gasteiger charge is -2.25. The highest BCUT2D eigenvalue weighted by atomic mass is 16.2. The topological polar surface area (TPSA) is 66.6 Å². The molecule has 7 nitrogen and oxygen atoms in total. The lowest BCUT2D eigenvalue weighted by molar-refractivity contribution is -0.131. The molecule has 0 radical (unpaired) electrons. The maximum atomic E-state index is 12.2. The summed E-state index contributed by atoms with van der Waals surface area (Å²) in [6.07, 6.45) is 7.84. The zero-order chi connectivity index (χ0) is 18.8. The Morgan fingerprint density at radius 2 is 2.07 bits per heavy atom. The number of nitrogens with zero attached hydrogens (tertiary/aromatic N) is 6. The third kappa shape index (κ3) is 3.37. The highest BCUT2D eigenvalue weighted by Crippen LogP contribution is 2.24. The maximum Gasteiger partial charge on any atom is 0.222 e. The Morgan fingerprint density at radius 3 is 2.85 bits per heavy atom. The first-order valence-corrected chi connectivity index (χ1v) is 9.43. The Hall–Kier alpha value is -2.96. The fourth-order valence-corrected chi connectivity index (χ4v) is 3.61. The molecule has 0 aliphatic carbocycles. The summed E-state index contributed by atoms with van der Waals surface area (Å²) in [6.45, 7) is 3.74. The van der Waals surface area contributed by atoms with Crippen molar-refractivity contribution in [2.75, 3.05) is 25.0 Å². The van der Waals surface area contributed by atoms with E-state index in [9.17, 15) is 4.79 Å². The summed E-state index contributed by atoms with van der Waals surface area (Å²) in [4.78, 5) is 24.9. The standard InChI is InChI=1S/C20H24N6O/c1-3-4-20(27)24(2)16-9-12-25(14-16)19-6-5-18-22-13-17(26(18)23-19)15-7-10-21-11-8-15/h5-8,10-11,13,16H,3-4,9,12,14H2,1-2H3. The van der Waals surface area contributed by atoms with Gasteiger partial charge in [-0.05, 0) is 37.1 Å². The molecule has 1 unspecified atom stereocenters. The molecule has 1 saturated heterocycles. The Labute approximate surface area is 158 Å². The summed E-state index contributed by atoms with van der Waals surface area (Å²) in [6, 6.07) is 8.15. The van der Waals surface area contributed by atoms with E-state index < -0.39 is 0 Å². The van der Waals surface area contributed by atoms with Crippen LogP contribution in [-0.4, -0.2) is 56.6 Å². The van der Waals surface area contributed by atoms with Gasteiger partial charge in [0, 0.05) is 44.5 Å². The Balaban J connectivity index is 1.57. The smallest absolute Gasteiger partial charge is 0.222 e. The second-order valence-electron chi connectivity index (χ2n) is 6.98. The van der Waals surface area contributed by atoms with Crippen LogP contribution >= 0.6 is 0 Å². The van der Waals surface area contributed by atoms with Gasteiger partial charge in [-0.25, -0.2) is 9.50 Å². The van der Waals surface area contributed by atoms with Crippen molar-refractivity contribution >= 4 is 17.4 Å². The van der Waals surface area contributed by atoms with E-state index in [1.54, 1.807) is 12.4 Å². The first-order chi connectivity index (χ1) is 13.2. The van der Waals surface area contributed by atoms with E-state index in [-0.39, 0.29) is 11.9 Å². The van der Waals surface area contributed by atoms with Gasteiger partial charge in [0.05, 0.1) is 17.9 Å². The molecule has 0 saturated carbocycles. The minimum Gasteiger partial charge on any atom is -0.353 e. The van der Waals surface area contributed by atoms with Gasteiger partial charge < -0.3 is 9.80 Å². The molecule has 0 aromatic carbocycles. The molecule has 1 aliphatic rings. The minimum absolute atomic E-state index is 0.224. The van der Waals surface area contributed by atoms with Crippen molar-refractivity contribution in [1.82, 2.24) is 24.5 Å². The van der Waals surface area contributed by atoms with Crippen LogP contribution in [0, 0.1) is 0 Å². The van der Waals surface area contributed by atoms with Crippen molar-refractivity contribution in [3.8, 4) is 11.3 Å². The molecule has 27 heavy (non-hydrogen) atoms. The number of pyridine rings is 1. The number of aromatic nitrogens is 4. The van der Waals surface area contributed by atoms with Gasteiger partial charge >= 0.3 is 0 Å². The zero-order valence-corrected chi connectivity index (χ0v) is 15.7. The van der Waals surface area contributed by atoms with Crippen molar-refractivity contribution in [1.29, 1.82) is 0 Å². The molecule has 1 aliphatic heterocycles. The summed E-state index contributed by atoms with van der Waals surface area (Å²) in [5.41, 5.74) is 2.79. The molecule has 3 aromatic rings. The number of hydrogen-bond acceptors (Lipinski definition) is 5. The van der Waals surface area contributed by atoms with E-state index in [2.05, 4.69) is 14.9 Å². The molecule has 4 rings (SSSR count). The van der Waals surface area contributed by atoms with Gasteiger partial charge in [-0.1, -0.05) is 6.92 Å². The maximum absolute atomic E-state index is 12.2. The second kappa shape index (κ2) is 7.34. The SMILES string of the molecule is CCCC(=O)N(C)C1CCN(c2ccc3ncc(-c4ccncc4)n3n2)C1. The molecule has 1 amide bonds. The van der Waals surface area contributed by atoms with Crippen LogP contribution in [0.4, 0.5) is 5.82 Å².